The maximum Gasteiger partial charge on any atom is 0.235 e. The lowest BCUT2D eigenvalue weighted by Gasteiger charge is -2.35. The highest BCUT2D eigenvalue weighted by molar-refractivity contribution is 5.83. The molecule has 0 aliphatic carbocycles. The first kappa shape index (κ1) is 114. The summed E-state index contributed by atoms with van der Waals surface area (Å²) < 4.78 is 25.7. The van der Waals surface area contributed by atoms with Gasteiger partial charge in [-0.3, -0.25) is 92.3 Å². The Hall–Kier alpha value is -5.52. The minimum atomic E-state index is -1.56. The summed E-state index contributed by atoms with van der Waals surface area (Å²) in [5.41, 5.74) is 74.3. The Labute approximate surface area is 722 Å². The van der Waals surface area contributed by atoms with Gasteiger partial charge in [-0.15, -0.1) is 0 Å². The zero-order chi connectivity index (χ0) is 90.4. The van der Waals surface area contributed by atoms with Crippen molar-refractivity contribution in [2.24, 2.45) is 80.0 Å². The fraction of sp³-hybridized carbons (Fsp3) is 0.892. The summed E-state index contributed by atoms with van der Waals surface area (Å²) in [6.07, 6.45) is -5.61. The highest BCUT2D eigenvalue weighted by Gasteiger charge is 2.36. The van der Waals surface area contributed by atoms with Crippen molar-refractivity contribution in [1.82, 2.24) is 96.4 Å². The van der Waals surface area contributed by atoms with Crippen molar-refractivity contribution in [3.05, 3.63) is 0 Å². The smallest absolute Gasteiger partial charge is 0.235 e. The van der Waals surface area contributed by atoms with Gasteiger partial charge in [0.2, 0.25) is 47.3 Å². The number of aliphatic hydroxyl groups is 4. The summed E-state index contributed by atoms with van der Waals surface area (Å²) in [6, 6.07) is 0. The van der Waals surface area contributed by atoms with Crippen LogP contribution in [0.25, 0.3) is 0 Å². The highest BCUT2D eigenvalue weighted by Crippen LogP contribution is 2.22. The van der Waals surface area contributed by atoms with Gasteiger partial charge in [-0.2, -0.15) is 0 Å². The average Bonchev–Trinajstić information content (AvgIpc) is 0.917. The van der Waals surface area contributed by atoms with E-state index >= 15 is 0 Å². The molecule has 1 rings (SSSR count). The summed E-state index contributed by atoms with van der Waals surface area (Å²) in [6.45, 7) is 9.15. The Kier molecular flexibility index (Phi) is 70.0. The zero-order valence-electron chi connectivity index (χ0n) is 73.1. The van der Waals surface area contributed by atoms with Crippen molar-refractivity contribution in [1.29, 1.82) is 0 Å². The van der Waals surface area contributed by atoms with E-state index < -0.39 is 130 Å². The molecule has 0 aromatic carbocycles. The number of carbonyl (C=O) groups is 8. The Balaban J connectivity index is 4.14. The Morgan fingerprint density at radius 1 is 0.328 bits per heavy atom. The van der Waals surface area contributed by atoms with Crippen molar-refractivity contribution in [2.75, 3.05) is 400 Å². The maximum atomic E-state index is 13.7. The third-order valence-electron chi connectivity index (χ3n) is 19.2. The molecule has 1 fully saturated rings. The summed E-state index contributed by atoms with van der Waals surface area (Å²) in [5.74, 6) is -3.59. The lowest BCUT2D eigenvalue weighted by atomic mass is 9.92. The fourth-order valence-electron chi connectivity index (χ4n) is 13.4. The van der Waals surface area contributed by atoms with Gasteiger partial charge in [0.25, 0.3) is 0 Å². The van der Waals surface area contributed by atoms with E-state index in [1.165, 1.54) is 19.6 Å². The minimum Gasteiger partial charge on any atom is -0.389 e. The van der Waals surface area contributed by atoms with Crippen LogP contribution in [-0.4, -0.2) is 546 Å². The number of nitrogens with zero attached hydrogens (tertiary/aromatic N) is 11. The van der Waals surface area contributed by atoms with E-state index in [2.05, 4.69) is 42.5 Å². The van der Waals surface area contributed by atoms with Crippen molar-refractivity contribution in [3.8, 4) is 0 Å². The van der Waals surface area contributed by atoms with Crippen LogP contribution in [-0.2, 0) is 57.3 Å². The standard InChI is InChI=1S/C74H164N32O16/c75-1-21-96(22-2-76)34-14-88-66(111)45-103(46-67(112)89-15-35-97(23-3-77)24-4-78)41-62(107)53-119-57-74(60-122-56-65(110)44-106-51-72(117)94-20-40-102(33-13-87)61-95-73(118)52-106,58-120-54-63(108)42-104(47-68(113)90-16-36-98(25-5-79)26-6-80)48-69(114)91-17-37-99(27-7-81)28-8-82)59-121-55-64(109)43-105(49-70(115)92-18-38-100(29-9-83)30-10-84)50-71(116)93-19-39-101(31-11-85)32-12-86/h62-65,107-110H,1-61,75-87H2,(H,88,111)(H,89,112)(H,90,113)(H,91,114)(H,92,115)(H,93,116)(H,94,117)(H,95,118). The average molecular weight is 1760 g/mol. The molecule has 4 atom stereocenters. The summed E-state index contributed by atoms with van der Waals surface area (Å²) in [7, 11) is 0. The quantitative estimate of drug-likeness (QED) is 0.0269. The van der Waals surface area contributed by atoms with E-state index in [9.17, 15) is 58.8 Å². The molecule has 0 spiro atoms. The molecule has 0 bridgehead atoms. The van der Waals surface area contributed by atoms with Gasteiger partial charge in [0.15, 0.2) is 0 Å². The van der Waals surface area contributed by atoms with Crippen molar-refractivity contribution < 1.29 is 77.7 Å². The van der Waals surface area contributed by atoms with Crippen LogP contribution in [0.3, 0.4) is 0 Å². The highest BCUT2D eigenvalue weighted by atomic mass is 16.5. The predicted octanol–water partition coefficient (Wildman–Crippen LogP) is -18.8. The largest absolute Gasteiger partial charge is 0.389 e. The molecule has 48 nitrogen and oxygen atoms in total. The molecule has 0 aromatic heterocycles. The molecule has 122 heavy (non-hydrogen) atoms. The van der Waals surface area contributed by atoms with Crippen LogP contribution in [0.15, 0.2) is 0 Å². The number of rotatable bonds is 80. The van der Waals surface area contributed by atoms with E-state index in [-0.39, 0.29) is 131 Å². The number of ether oxygens (including phenoxy) is 4. The Bertz CT molecular complexity index is 2320. The van der Waals surface area contributed by atoms with Crippen molar-refractivity contribution in [3.63, 3.8) is 0 Å². The third-order valence-corrected chi connectivity index (χ3v) is 19.2. The first-order valence-electron chi connectivity index (χ1n) is 43.1. The molecule has 1 saturated heterocycles. The molecule has 1 aliphatic heterocycles. The van der Waals surface area contributed by atoms with E-state index in [0.717, 1.165) is 0 Å². The van der Waals surface area contributed by atoms with Crippen molar-refractivity contribution >= 4 is 47.3 Å². The molecule has 1 heterocycles. The normalized spacial score (nSPS) is 15.0. The Morgan fingerprint density at radius 2 is 0.557 bits per heavy atom. The molecule has 8 amide bonds. The van der Waals surface area contributed by atoms with Gasteiger partial charge in [0.05, 0.1) is 142 Å². The molecule has 0 radical (unpaired) electrons. The predicted molar refractivity (Wildman–Crippen MR) is 467 cm³/mol. The SMILES string of the molecule is NCCN(CCN)CCNC(=O)CN(CC(=O)NCCN(CCN)CCN)CC(O)COCC(COCC(O)CN(CC(=O)NCCN(CCN)CCN)CC(=O)NCCN(CCN)CCN)(COCC(O)CN(CC(=O)NCCN(CCN)CCN)CC(=O)NCCN(CCN)CCN)COCC(O)CN1CC(=O)NCCN(CCN)CNC(=O)C1. The molecule has 1 aliphatic rings. The molecular weight excluding hydrogens is 1590 g/mol. The van der Waals surface area contributed by atoms with Crippen LogP contribution in [0.1, 0.15) is 0 Å². The van der Waals surface area contributed by atoms with Gasteiger partial charge in [0, 0.05) is 288 Å². The lowest BCUT2D eigenvalue weighted by Crippen LogP contribution is -2.49. The minimum absolute atomic E-state index is 0.155. The van der Waals surface area contributed by atoms with E-state index in [1.807, 2.05) is 34.3 Å². The summed E-state index contributed by atoms with van der Waals surface area (Å²) in [5, 5.41) is 70.8. The molecule has 38 N–H and O–H groups in total. The number of nitrogens with one attached hydrogen (secondary N) is 8. The number of β-amino-alcohol motifs (C(OH)–C–C–N with tert-alkyl or cyclic N) is 1. The number of nitrogens with two attached hydrogens (primary N) is 13. The van der Waals surface area contributed by atoms with E-state index in [1.54, 1.807) is 0 Å². The summed E-state index contributed by atoms with van der Waals surface area (Å²) >= 11 is 0. The van der Waals surface area contributed by atoms with Crippen molar-refractivity contribution in [2.45, 2.75) is 24.4 Å². The number of hydrogen-bond donors (Lipinski definition) is 25. The molecule has 4 unspecified atom stereocenters. The molecule has 0 saturated carbocycles. The van der Waals surface area contributed by atoms with E-state index in [4.69, 9.17) is 93.5 Å². The second kappa shape index (κ2) is 74.6. The molecule has 0 aromatic rings. The van der Waals surface area contributed by atoms with Gasteiger partial charge in [-0.05, 0) is 0 Å². The summed E-state index contributed by atoms with van der Waals surface area (Å²) in [4.78, 5) is 129. The molecule has 48 heteroatoms. The lowest BCUT2D eigenvalue weighted by molar-refractivity contribution is -0.136. The second-order valence-corrected chi connectivity index (χ2v) is 30.5. The number of aliphatic hydroxyl groups excluding tert-OH is 4. The second-order valence-electron chi connectivity index (χ2n) is 30.5. The van der Waals surface area contributed by atoms with Crippen LogP contribution in [0.5, 0.6) is 0 Å². The maximum absolute atomic E-state index is 13.7. The first-order chi connectivity index (χ1) is 58.8. The van der Waals surface area contributed by atoms with Gasteiger partial charge >= 0.3 is 0 Å². The first-order valence-corrected chi connectivity index (χ1v) is 43.1. The van der Waals surface area contributed by atoms with Gasteiger partial charge in [-0.25, -0.2) is 0 Å². The van der Waals surface area contributed by atoms with Crippen LogP contribution < -0.4 is 117 Å². The van der Waals surface area contributed by atoms with Gasteiger partial charge < -0.3 is 156 Å². The Morgan fingerprint density at radius 3 is 0.787 bits per heavy atom. The zero-order valence-corrected chi connectivity index (χ0v) is 73.1. The van der Waals surface area contributed by atoms with Crippen LogP contribution in [0.4, 0.5) is 0 Å². The third kappa shape index (κ3) is 60.2. The number of carbonyl (C=O) groups excluding carboxylic acids is 8. The van der Waals surface area contributed by atoms with Crippen LogP contribution >= 0.6 is 0 Å². The topological polar surface area (TPSA) is 725 Å². The van der Waals surface area contributed by atoms with E-state index in [0.29, 0.717) is 216 Å². The fourth-order valence-corrected chi connectivity index (χ4v) is 13.4. The monoisotopic (exact) mass is 1760 g/mol. The molecular formula is C74H164N32O16. The van der Waals surface area contributed by atoms with Gasteiger partial charge in [0.1, 0.15) is 0 Å². The number of amides is 8. The van der Waals surface area contributed by atoms with Crippen LogP contribution in [0.2, 0.25) is 0 Å². The van der Waals surface area contributed by atoms with Gasteiger partial charge in [-0.1, -0.05) is 0 Å². The van der Waals surface area contributed by atoms with Crippen LogP contribution in [0, 0.1) is 5.41 Å². The number of hydrogen-bond acceptors (Lipinski definition) is 40. The molecule has 716 valence electrons.